The summed E-state index contributed by atoms with van der Waals surface area (Å²) in [5, 5.41) is 6.95. The van der Waals surface area contributed by atoms with Gasteiger partial charge in [0.25, 0.3) is 0 Å². The minimum atomic E-state index is -0.277. The van der Waals surface area contributed by atoms with Crippen LogP contribution in [0.3, 0.4) is 0 Å². The van der Waals surface area contributed by atoms with Gasteiger partial charge in [0.1, 0.15) is 6.04 Å². The molecule has 128 valence electrons. The van der Waals surface area contributed by atoms with Crippen molar-refractivity contribution in [3.8, 4) is 0 Å². The highest BCUT2D eigenvalue weighted by Crippen LogP contribution is 2.34. The van der Waals surface area contributed by atoms with E-state index in [4.69, 9.17) is 4.74 Å². The Hall–Kier alpha value is -0.750. The summed E-state index contributed by atoms with van der Waals surface area (Å²) in [7, 11) is 0. The van der Waals surface area contributed by atoms with E-state index < -0.39 is 0 Å². The second kappa shape index (κ2) is 8.92. The average molecular weight is 357 g/mol. The number of rotatable bonds is 4. The molecule has 6 heteroatoms. The van der Waals surface area contributed by atoms with Gasteiger partial charge in [0, 0.05) is 22.4 Å². The fourth-order valence-corrected chi connectivity index (χ4v) is 4.31. The summed E-state index contributed by atoms with van der Waals surface area (Å²) in [5.74, 6) is -0.0246. The second-order valence-corrected chi connectivity index (χ2v) is 7.42. The Balaban J connectivity index is 0.00000192. The third-order valence-corrected chi connectivity index (χ3v) is 5.67. The quantitative estimate of drug-likeness (QED) is 0.867. The summed E-state index contributed by atoms with van der Waals surface area (Å²) in [5.41, 5.74) is 0.848. The van der Waals surface area contributed by atoms with E-state index in [-0.39, 0.29) is 30.5 Å². The topological polar surface area (TPSA) is 50.4 Å². The number of hydrogen-bond donors (Lipinski definition) is 2. The SMILES string of the molecule is C[C@H]1OCCN[C@@H]1C(=O)Nc1ccc(SC2CCCC2)cc1.Cl. The summed E-state index contributed by atoms with van der Waals surface area (Å²) in [4.78, 5) is 13.6. The van der Waals surface area contributed by atoms with Crippen LogP contribution in [0.1, 0.15) is 32.6 Å². The summed E-state index contributed by atoms with van der Waals surface area (Å²) < 4.78 is 5.52. The standard InChI is InChI=1S/C17H24N2O2S.ClH/c1-12-16(18-10-11-21-12)17(20)19-13-6-8-15(9-7-13)22-14-4-2-3-5-14;/h6-9,12,14,16,18H,2-5,10-11H2,1H3,(H,19,20);1H/t12-,16+;/m1./s1. The number of nitrogens with one attached hydrogen (secondary N) is 2. The number of carbonyl (C=O) groups excluding carboxylic acids is 1. The number of anilines is 1. The molecule has 1 saturated heterocycles. The fourth-order valence-electron chi connectivity index (χ4n) is 3.06. The number of carbonyl (C=O) groups is 1. The molecule has 0 radical (unpaired) electrons. The maximum Gasteiger partial charge on any atom is 0.244 e. The van der Waals surface area contributed by atoms with Crippen LogP contribution in [0.2, 0.25) is 0 Å². The van der Waals surface area contributed by atoms with E-state index in [1.165, 1.54) is 30.6 Å². The number of ether oxygens (including phenoxy) is 1. The lowest BCUT2D eigenvalue weighted by atomic mass is 10.1. The molecule has 3 rings (SSSR count). The molecular formula is C17H25ClN2O2S. The minimum Gasteiger partial charge on any atom is -0.375 e. The number of hydrogen-bond acceptors (Lipinski definition) is 4. The normalized spacial score (nSPS) is 24.9. The molecule has 0 bridgehead atoms. The monoisotopic (exact) mass is 356 g/mol. The average Bonchev–Trinajstić information content (AvgIpc) is 3.02. The molecule has 4 nitrogen and oxygen atoms in total. The molecule has 0 unspecified atom stereocenters. The molecule has 2 fully saturated rings. The Kier molecular flexibility index (Phi) is 7.21. The van der Waals surface area contributed by atoms with Crippen molar-refractivity contribution in [1.82, 2.24) is 5.32 Å². The molecule has 1 aromatic carbocycles. The smallest absolute Gasteiger partial charge is 0.244 e. The van der Waals surface area contributed by atoms with Crippen LogP contribution in [0, 0.1) is 0 Å². The van der Waals surface area contributed by atoms with Crippen molar-refractivity contribution in [3.63, 3.8) is 0 Å². The van der Waals surface area contributed by atoms with E-state index in [1.807, 2.05) is 30.8 Å². The zero-order valence-electron chi connectivity index (χ0n) is 13.4. The third kappa shape index (κ3) is 5.11. The molecule has 1 saturated carbocycles. The van der Waals surface area contributed by atoms with Crippen LogP contribution >= 0.6 is 24.2 Å². The van der Waals surface area contributed by atoms with E-state index in [0.29, 0.717) is 6.61 Å². The number of thioether (sulfide) groups is 1. The van der Waals surface area contributed by atoms with Gasteiger partial charge in [-0.05, 0) is 44.0 Å². The molecule has 1 amide bonds. The van der Waals surface area contributed by atoms with Gasteiger partial charge in [-0.25, -0.2) is 0 Å². The molecule has 2 atom stereocenters. The van der Waals surface area contributed by atoms with Crippen molar-refractivity contribution in [1.29, 1.82) is 0 Å². The van der Waals surface area contributed by atoms with Crippen molar-refractivity contribution in [2.45, 2.75) is 54.9 Å². The lowest BCUT2D eigenvalue weighted by molar-refractivity contribution is -0.123. The van der Waals surface area contributed by atoms with Crippen LogP contribution in [-0.2, 0) is 9.53 Å². The van der Waals surface area contributed by atoms with Crippen LogP contribution in [0.4, 0.5) is 5.69 Å². The van der Waals surface area contributed by atoms with Gasteiger partial charge >= 0.3 is 0 Å². The number of halogens is 1. The van der Waals surface area contributed by atoms with Crippen molar-refractivity contribution in [2.75, 3.05) is 18.5 Å². The molecule has 23 heavy (non-hydrogen) atoms. The van der Waals surface area contributed by atoms with Gasteiger partial charge in [0.15, 0.2) is 0 Å². The van der Waals surface area contributed by atoms with Crippen LogP contribution in [-0.4, -0.2) is 36.5 Å². The van der Waals surface area contributed by atoms with Crippen LogP contribution < -0.4 is 10.6 Å². The van der Waals surface area contributed by atoms with Crippen molar-refractivity contribution in [2.24, 2.45) is 0 Å². The first-order valence-electron chi connectivity index (χ1n) is 8.15. The summed E-state index contributed by atoms with van der Waals surface area (Å²) in [6.07, 6.45) is 5.29. The minimum absolute atomic E-state index is 0. The largest absolute Gasteiger partial charge is 0.375 e. The highest BCUT2D eigenvalue weighted by molar-refractivity contribution is 8.00. The Labute approximate surface area is 148 Å². The van der Waals surface area contributed by atoms with Crippen LogP contribution in [0.25, 0.3) is 0 Å². The highest BCUT2D eigenvalue weighted by Gasteiger charge is 2.28. The molecule has 2 N–H and O–H groups in total. The Morgan fingerprint density at radius 3 is 2.61 bits per heavy atom. The predicted molar refractivity (Wildman–Crippen MR) is 97.6 cm³/mol. The second-order valence-electron chi connectivity index (χ2n) is 6.05. The molecule has 2 aliphatic rings. The maximum atomic E-state index is 12.3. The molecule has 1 aliphatic carbocycles. The fraction of sp³-hybridized carbons (Fsp3) is 0.588. The van der Waals surface area contributed by atoms with E-state index in [9.17, 15) is 4.79 Å². The van der Waals surface area contributed by atoms with Crippen molar-refractivity contribution < 1.29 is 9.53 Å². The zero-order chi connectivity index (χ0) is 15.4. The first kappa shape index (κ1) is 18.6. The number of amides is 1. The first-order chi connectivity index (χ1) is 10.7. The van der Waals surface area contributed by atoms with Crippen LogP contribution in [0.5, 0.6) is 0 Å². The summed E-state index contributed by atoms with van der Waals surface area (Å²) >= 11 is 1.96. The van der Waals surface area contributed by atoms with E-state index in [0.717, 1.165) is 17.5 Å². The lowest BCUT2D eigenvalue weighted by Gasteiger charge is -2.29. The van der Waals surface area contributed by atoms with Gasteiger partial charge in [0.05, 0.1) is 12.7 Å². The van der Waals surface area contributed by atoms with Gasteiger partial charge in [-0.2, -0.15) is 0 Å². The van der Waals surface area contributed by atoms with Gasteiger partial charge in [0.2, 0.25) is 5.91 Å². The van der Waals surface area contributed by atoms with Crippen LogP contribution in [0.15, 0.2) is 29.2 Å². The van der Waals surface area contributed by atoms with E-state index >= 15 is 0 Å². The number of morpholine rings is 1. The van der Waals surface area contributed by atoms with E-state index in [2.05, 4.69) is 22.8 Å². The van der Waals surface area contributed by atoms with Gasteiger partial charge < -0.3 is 15.4 Å². The first-order valence-corrected chi connectivity index (χ1v) is 9.03. The molecular weight excluding hydrogens is 332 g/mol. The Morgan fingerprint density at radius 1 is 1.26 bits per heavy atom. The van der Waals surface area contributed by atoms with E-state index in [1.54, 1.807) is 0 Å². The Bertz CT molecular complexity index is 506. The maximum absolute atomic E-state index is 12.3. The number of benzene rings is 1. The summed E-state index contributed by atoms with van der Waals surface area (Å²) in [6.45, 7) is 3.31. The van der Waals surface area contributed by atoms with Gasteiger partial charge in [-0.1, -0.05) is 12.8 Å². The lowest BCUT2D eigenvalue weighted by Crippen LogP contribution is -2.53. The van der Waals surface area contributed by atoms with Gasteiger partial charge in [-0.3, -0.25) is 4.79 Å². The van der Waals surface area contributed by atoms with Gasteiger partial charge in [-0.15, -0.1) is 24.2 Å². The molecule has 1 aromatic rings. The molecule has 1 heterocycles. The summed E-state index contributed by atoms with van der Waals surface area (Å²) in [6, 6.07) is 7.91. The Morgan fingerprint density at radius 2 is 1.96 bits per heavy atom. The predicted octanol–water partition coefficient (Wildman–Crippen LogP) is 3.46. The molecule has 1 aliphatic heterocycles. The molecule has 0 spiro atoms. The zero-order valence-corrected chi connectivity index (χ0v) is 15.1. The highest BCUT2D eigenvalue weighted by atomic mass is 35.5. The van der Waals surface area contributed by atoms with Crippen molar-refractivity contribution >= 4 is 35.8 Å². The van der Waals surface area contributed by atoms with Crippen molar-refractivity contribution in [3.05, 3.63) is 24.3 Å². The molecule has 0 aromatic heterocycles. The third-order valence-electron chi connectivity index (χ3n) is 4.33.